The van der Waals surface area contributed by atoms with E-state index < -0.39 is 0 Å². The van der Waals surface area contributed by atoms with E-state index in [1.807, 2.05) is 0 Å². The van der Waals surface area contributed by atoms with E-state index in [0.717, 1.165) is 0 Å². The second kappa shape index (κ2) is 5.77. The first-order valence-electron chi connectivity index (χ1n) is 5.65. The van der Waals surface area contributed by atoms with Gasteiger partial charge in [-0.2, -0.15) is 0 Å². The molecule has 98 valence electrons. The van der Waals surface area contributed by atoms with Crippen molar-refractivity contribution in [2.75, 3.05) is 18.2 Å². The molecule has 0 saturated carbocycles. The van der Waals surface area contributed by atoms with Crippen LogP contribution < -0.4 is 15.8 Å². The van der Waals surface area contributed by atoms with Crippen LogP contribution in [0, 0.1) is 0 Å². The molecule has 5 heteroatoms. The van der Waals surface area contributed by atoms with E-state index in [1.165, 1.54) is 13.2 Å². The molecule has 0 aliphatic carbocycles. The molecule has 3 N–H and O–H groups in total. The fourth-order valence-corrected chi connectivity index (χ4v) is 1.52. The molecule has 5 nitrogen and oxygen atoms in total. The summed E-state index contributed by atoms with van der Waals surface area (Å²) >= 11 is 0. The van der Waals surface area contributed by atoms with Gasteiger partial charge in [-0.05, 0) is 30.3 Å². The predicted octanol–water partition coefficient (Wildman–Crippen LogP) is 2.52. The first-order chi connectivity index (χ1) is 9.19. The lowest BCUT2D eigenvalue weighted by Gasteiger charge is -2.07. The fourth-order valence-electron chi connectivity index (χ4n) is 1.52. The lowest BCUT2D eigenvalue weighted by atomic mass is 10.2. The second-order valence-corrected chi connectivity index (χ2v) is 3.79. The Kier molecular flexibility index (Phi) is 3.87. The SMILES string of the molecule is COc1cc(NC(=O)C=Cc2ccco2)ccc1N. The van der Waals surface area contributed by atoms with Gasteiger partial charge in [0.15, 0.2) is 0 Å². The number of rotatable bonds is 4. The Morgan fingerprint density at radius 1 is 1.42 bits per heavy atom. The molecular weight excluding hydrogens is 244 g/mol. The summed E-state index contributed by atoms with van der Waals surface area (Å²) in [5.74, 6) is 0.876. The van der Waals surface area contributed by atoms with Crippen molar-refractivity contribution in [2.45, 2.75) is 0 Å². The Morgan fingerprint density at radius 3 is 2.95 bits per heavy atom. The van der Waals surface area contributed by atoms with Gasteiger partial charge in [-0.1, -0.05) is 0 Å². The lowest BCUT2D eigenvalue weighted by Crippen LogP contribution is -2.08. The monoisotopic (exact) mass is 258 g/mol. The number of nitrogens with one attached hydrogen (secondary N) is 1. The van der Waals surface area contributed by atoms with Crippen LogP contribution in [0.4, 0.5) is 11.4 Å². The van der Waals surface area contributed by atoms with Crippen molar-refractivity contribution in [1.82, 2.24) is 0 Å². The van der Waals surface area contributed by atoms with E-state index in [0.29, 0.717) is 22.9 Å². The van der Waals surface area contributed by atoms with Gasteiger partial charge in [0.1, 0.15) is 11.5 Å². The van der Waals surface area contributed by atoms with Crippen LogP contribution in [-0.2, 0) is 4.79 Å². The van der Waals surface area contributed by atoms with Gasteiger partial charge in [-0.25, -0.2) is 0 Å². The molecule has 0 aliphatic heterocycles. The molecular formula is C14H14N2O3. The van der Waals surface area contributed by atoms with E-state index in [1.54, 1.807) is 42.7 Å². The van der Waals surface area contributed by atoms with Crippen molar-refractivity contribution in [3.8, 4) is 5.75 Å². The highest BCUT2D eigenvalue weighted by Crippen LogP contribution is 2.24. The summed E-state index contributed by atoms with van der Waals surface area (Å²) in [5, 5.41) is 2.70. The lowest BCUT2D eigenvalue weighted by molar-refractivity contribution is -0.111. The number of carbonyl (C=O) groups excluding carboxylic acids is 1. The van der Waals surface area contributed by atoms with E-state index in [9.17, 15) is 4.79 Å². The van der Waals surface area contributed by atoms with Crippen LogP contribution in [0.15, 0.2) is 47.1 Å². The number of carbonyl (C=O) groups is 1. The molecule has 0 atom stereocenters. The quantitative estimate of drug-likeness (QED) is 0.652. The van der Waals surface area contributed by atoms with Gasteiger partial charge in [0.25, 0.3) is 0 Å². The minimum Gasteiger partial charge on any atom is -0.495 e. The normalized spacial score (nSPS) is 10.6. The molecule has 0 bridgehead atoms. The summed E-state index contributed by atoms with van der Waals surface area (Å²) in [6, 6.07) is 8.55. The second-order valence-electron chi connectivity index (χ2n) is 3.79. The van der Waals surface area contributed by atoms with E-state index >= 15 is 0 Å². The molecule has 19 heavy (non-hydrogen) atoms. The van der Waals surface area contributed by atoms with Crippen LogP contribution >= 0.6 is 0 Å². The maximum Gasteiger partial charge on any atom is 0.248 e. The molecule has 1 amide bonds. The van der Waals surface area contributed by atoms with Gasteiger partial charge >= 0.3 is 0 Å². The number of nitrogens with two attached hydrogens (primary N) is 1. The number of benzene rings is 1. The molecule has 2 aromatic rings. The predicted molar refractivity (Wildman–Crippen MR) is 73.8 cm³/mol. The van der Waals surface area contributed by atoms with Crippen LogP contribution in [0.3, 0.4) is 0 Å². The number of methoxy groups -OCH3 is 1. The Labute approximate surface area is 110 Å². The minimum absolute atomic E-state index is 0.261. The van der Waals surface area contributed by atoms with Crippen LogP contribution in [0.25, 0.3) is 6.08 Å². The summed E-state index contributed by atoms with van der Waals surface area (Å²) in [7, 11) is 1.52. The largest absolute Gasteiger partial charge is 0.495 e. The van der Waals surface area contributed by atoms with Crippen molar-refractivity contribution in [3.05, 3.63) is 48.4 Å². The van der Waals surface area contributed by atoms with Crippen molar-refractivity contribution < 1.29 is 13.9 Å². The van der Waals surface area contributed by atoms with Gasteiger partial charge in [-0.15, -0.1) is 0 Å². The molecule has 2 rings (SSSR count). The minimum atomic E-state index is -0.261. The first kappa shape index (κ1) is 12.8. The van der Waals surface area contributed by atoms with Crippen molar-refractivity contribution in [1.29, 1.82) is 0 Å². The highest BCUT2D eigenvalue weighted by atomic mass is 16.5. The summed E-state index contributed by atoms with van der Waals surface area (Å²) in [5.41, 5.74) is 6.82. The summed E-state index contributed by atoms with van der Waals surface area (Å²) in [6.07, 6.45) is 4.52. The Balaban J connectivity index is 2.03. The average molecular weight is 258 g/mol. The van der Waals surface area contributed by atoms with Crippen LogP contribution in [0.1, 0.15) is 5.76 Å². The molecule has 0 radical (unpaired) electrons. The number of amides is 1. The summed E-state index contributed by atoms with van der Waals surface area (Å²) < 4.78 is 10.2. The zero-order valence-corrected chi connectivity index (χ0v) is 10.4. The maximum atomic E-state index is 11.7. The van der Waals surface area contributed by atoms with Crippen molar-refractivity contribution >= 4 is 23.4 Å². The van der Waals surface area contributed by atoms with E-state index in [4.69, 9.17) is 14.9 Å². The molecule has 0 saturated heterocycles. The Morgan fingerprint density at radius 2 is 2.26 bits per heavy atom. The van der Waals surface area contributed by atoms with Gasteiger partial charge in [-0.3, -0.25) is 4.79 Å². The Hall–Kier alpha value is -2.69. The third-order valence-electron chi connectivity index (χ3n) is 2.44. The molecule has 0 spiro atoms. The average Bonchev–Trinajstić information content (AvgIpc) is 2.92. The van der Waals surface area contributed by atoms with Crippen molar-refractivity contribution in [3.63, 3.8) is 0 Å². The summed E-state index contributed by atoms with van der Waals surface area (Å²) in [4.78, 5) is 11.7. The third kappa shape index (κ3) is 3.38. The zero-order valence-electron chi connectivity index (χ0n) is 10.4. The van der Waals surface area contributed by atoms with Crippen LogP contribution in [0.2, 0.25) is 0 Å². The van der Waals surface area contributed by atoms with Gasteiger partial charge in [0.2, 0.25) is 5.91 Å². The third-order valence-corrected chi connectivity index (χ3v) is 2.44. The van der Waals surface area contributed by atoms with Gasteiger partial charge in [0, 0.05) is 17.8 Å². The summed E-state index contributed by atoms with van der Waals surface area (Å²) in [6.45, 7) is 0. The van der Waals surface area contributed by atoms with E-state index in [2.05, 4.69) is 5.32 Å². The first-order valence-corrected chi connectivity index (χ1v) is 5.65. The fraction of sp³-hybridized carbons (Fsp3) is 0.0714. The topological polar surface area (TPSA) is 77.5 Å². The maximum absolute atomic E-state index is 11.7. The molecule has 0 unspecified atom stereocenters. The number of anilines is 2. The number of nitrogen functional groups attached to an aromatic ring is 1. The van der Waals surface area contributed by atoms with Crippen LogP contribution in [0.5, 0.6) is 5.75 Å². The highest BCUT2D eigenvalue weighted by molar-refractivity contribution is 6.02. The van der Waals surface area contributed by atoms with Gasteiger partial charge < -0.3 is 20.2 Å². The number of hydrogen-bond acceptors (Lipinski definition) is 4. The smallest absolute Gasteiger partial charge is 0.248 e. The molecule has 1 heterocycles. The molecule has 0 fully saturated rings. The van der Waals surface area contributed by atoms with Crippen LogP contribution in [-0.4, -0.2) is 13.0 Å². The molecule has 1 aromatic carbocycles. The Bertz CT molecular complexity index is 589. The number of furan rings is 1. The van der Waals surface area contributed by atoms with Gasteiger partial charge in [0.05, 0.1) is 19.1 Å². The molecule has 1 aromatic heterocycles. The van der Waals surface area contributed by atoms with Crippen molar-refractivity contribution in [2.24, 2.45) is 0 Å². The number of ether oxygens (including phenoxy) is 1. The number of hydrogen-bond donors (Lipinski definition) is 2. The standard InChI is InChI=1S/C14H14N2O3/c1-18-13-9-10(4-6-12(13)15)16-14(17)7-5-11-3-2-8-19-11/h2-9H,15H2,1H3,(H,16,17). The zero-order chi connectivity index (χ0) is 13.7. The molecule has 0 aliphatic rings. The highest BCUT2D eigenvalue weighted by Gasteiger charge is 2.03. The van der Waals surface area contributed by atoms with E-state index in [-0.39, 0.29) is 5.91 Å².